The summed E-state index contributed by atoms with van der Waals surface area (Å²) in [6.45, 7) is 1.09. The van der Waals surface area contributed by atoms with Crippen LogP contribution in [0.3, 0.4) is 0 Å². The Bertz CT molecular complexity index is 459. The van der Waals surface area contributed by atoms with E-state index in [9.17, 15) is 4.79 Å². The Hall–Kier alpha value is -1.39. The molecule has 1 aliphatic carbocycles. The third kappa shape index (κ3) is 2.86. The first kappa shape index (κ1) is 13.6. The molecule has 3 unspecified atom stereocenters. The number of nitrogens with one attached hydrogen (secondary N) is 1. The molecular weight excluding hydrogens is 252 g/mol. The van der Waals surface area contributed by atoms with E-state index in [1.54, 1.807) is 0 Å². The van der Waals surface area contributed by atoms with Crippen molar-refractivity contribution < 1.29 is 9.53 Å². The van der Waals surface area contributed by atoms with Crippen molar-refractivity contribution in [3.05, 3.63) is 35.9 Å². The van der Waals surface area contributed by atoms with Gasteiger partial charge in [-0.15, -0.1) is 0 Å². The van der Waals surface area contributed by atoms with Gasteiger partial charge in [-0.3, -0.25) is 4.79 Å². The van der Waals surface area contributed by atoms with Gasteiger partial charge in [0.25, 0.3) is 0 Å². The molecule has 108 valence electrons. The van der Waals surface area contributed by atoms with Crippen molar-refractivity contribution in [3.8, 4) is 0 Å². The van der Waals surface area contributed by atoms with Crippen LogP contribution in [0, 0.1) is 5.92 Å². The van der Waals surface area contributed by atoms with E-state index in [1.807, 2.05) is 30.3 Å². The minimum absolute atomic E-state index is 0.0276. The summed E-state index contributed by atoms with van der Waals surface area (Å²) in [4.78, 5) is 12.5. The fraction of sp³-hybridized carbons (Fsp3) is 0.562. The van der Waals surface area contributed by atoms with E-state index >= 15 is 0 Å². The lowest BCUT2D eigenvalue weighted by Crippen LogP contribution is -2.44. The fourth-order valence-electron chi connectivity index (χ4n) is 3.02. The van der Waals surface area contributed by atoms with Gasteiger partial charge >= 0.3 is 0 Å². The van der Waals surface area contributed by atoms with E-state index in [1.165, 1.54) is 12.8 Å². The summed E-state index contributed by atoms with van der Waals surface area (Å²) < 4.78 is 5.76. The van der Waals surface area contributed by atoms with E-state index in [0.29, 0.717) is 12.5 Å². The standard InChI is InChI=1S/C16H22N2O2/c17-10-13(11-4-2-1-3-5-11)16(19)18-14-8-9-20-15(14)12-6-7-12/h1-5,12-15H,6-10,17H2,(H,18,19). The molecular formula is C16H22N2O2. The second-order valence-corrected chi connectivity index (χ2v) is 5.78. The molecule has 20 heavy (non-hydrogen) atoms. The lowest BCUT2D eigenvalue weighted by Gasteiger charge is -2.22. The maximum Gasteiger partial charge on any atom is 0.229 e. The maximum atomic E-state index is 12.5. The highest BCUT2D eigenvalue weighted by molar-refractivity contribution is 5.84. The summed E-state index contributed by atoms with van der Waals surface area (Å²) >= 11 is 0. The molecule has 0 radical (unpaired) electrons. The zero-order chi connectivity index (χ0) is 13.9. The van der Waals surface area contributed by atoms with Gasteiger partial charge in [-0.05, 0) is 30.7 Å². The number of carbonyl (C=O) groups excluding carboxylic acids is 1. The smallest absolute Gasteiger partial charge is 0.229 e. The second kappa shape index (κ2) is 5.94. The number of ether oxygens (including phenoxy) is 1. The summed E-state index contributed by atoms with van der Waals surface area (Å²) in [6.07, 6.45) is 3.60. The SMILES string of the molecule is NCC(C(=O)NC1CCOC1C1CC1)c1ccccc1. The first-order valence-electron chi connectivity index (χ1n) is 7.46. The van der Waals surface area contributed by atoms with Gasteiger partial charge in [0, 0.05) is 13.2 Å². The van der Waals surface area contributed by atoms with Crippen molar-refractivity contribution in [2.45, 2.75) is 37.3 Å². The predicted octanol–water partition coefficient (Wildman–Crippen LogP) is 1.41. The summed E-state index contributed by atoms with van der Waals surface area (Å²) in [5, 5.41) is 3.16. The predicted molar refractivity (Wildman–Crippen MR) is 77.2 cm³/mol. The fourth-order valence-corrected chi connectivity index (χ4v) is 3.02. The van der Waals surface area contributed by atoms with Crippen LogP contribution in [0.15, 0.2) is 30.3 Å². The Morgan fingerprint density at radius 2 is 2.05 bits per heavy atom. The quantitative estimate of drug-likeness (QED) is 0.853. The number of benzene rings is 1. The van der Waals surface area contributed by atoms with Gasteiger partial charge in [-0.1, -0.05) is 30.3 Å². The molecule has 4 nitrogen and oxygen atoms in total. The molecule has 1 aromatic rings. The molecule has 3 rings (SSSR count). The summed E-state index contributed by atoms with van der Waals surface area (Å²) in [7, 11) is 0. The molecule has 4 heteroatoms. The summed E-state index contributed by atoms with van der Waals surface area (Å²) in [5.74, 6) is 0.410. The van der Waals surface area contributed by atoms with E-state index in [0.717, 1.165) is 18.6 Å². The normalized spacial score (nSPS) is 27.2. The number of rotatable bonds is 5. The van der Waals surface area contributed by atoms with Crippen molar-refractivity contribution >= 4 is 5.91 Å². The minimum atomic E-state index is -0.267. The molecule has 1 aromatic carbocycles. The summed E-state index contributed by atoms with van der Waals surface area (Å²) in [5.41, 5.74) is 6.78. The highest BCUT2D eigenvalue weighted by Crippen LogP contribution is 2.38. The molecule has 0 bridgehead atoms. The molecule has 1 saturated heterocycles. The largest absolute Gasteiger partial charge is 0.376 e. The summed E-state index contributed by atoms with van der Waals surface area (Å²) in [6, 6.07) is 9.91. The van der Waals surface area contributed by atoms with Crippen LogP contribution in [0.2, 0.25) is 0 Å². The molecule has 1 aliphatic heterocycles. The molecule has 2 aliphatic rings. The zero-order valence-corrected chi connectivity index (χ0v) is 11.6. The lowest BCUT2D eigenvalue weighted by atomic mass is 9.97. The van der Waals surface area contributed by atoms with Crippen LogP contribution in [0.5, 0.6) is 0 Å². The van der Waals surface area contributed by atoms with Crippen LogP contribution < -0.4 is 11.1 Å². The number of hydrogen-bond acceptors (Lipinski definition) is 3. The topological polar surface area (TPSA) is 64.4 Å². The van der Waals surface area contributed by atoms with Crippen molar-refractivity contribution in [2.24, 2.45) is 11.7 Å². The van der Waals surface area contributed by atoms with E-state index in [2.05, 4.69) is 5.32 Å². The zero-order valence-electron chi connectivity index (χ0n) is 11.6. The molecule has 0 spiro atoms. The van der Waals surface area contributed by atoms with Crippen LogP contribution >= 0.6 is 0 Å². The highest BCUT2D eigenvalue weighted by Gasteiger charge is 2.41. The van der Waals surface area contributed by atoms with Crippen LogP contribution in [-0.2, 0) is 9.53 Å². The third-order valence-electron chi connectivity index (χ3n) is 4.30. The lowest BCUT2D eigenvalue weighted by molar-refractivity contribution is -0.123. The molecule has 1 heterocycles. The minimum Gasteiger partial charge on any atom is -0.376 e. The Morgan fingerprint density at radius 3 is 2.70 bits per heavy atom. The van der Waals surface area contributed by atoms with Gasteiger partial charge in [0.15, 0.2) is 0 Å². The van der Waals surface area contributed by atoms with Gasteiger partial charge in [0.2, 0.25) is 5.91 Å². The Kier molecular flexibility index (Phi) is 4.03. The number of nitrogens with two attached hydrogens (primary N) is 1. The monoisotopic (exact) mass is 274 g/mol. The molecule has 2 fully saturated rings. The van der Waals surface area contributed by atoms with E-state index in [-0.39, 0.29) is 24.0 Å². The Morgan fingerprint density at radius 1 is 1.30 bits per heavy atom. The van der Waals surface area contributed by atoms with E-state index in [4.69, 9.17) is 10.5 Å². The van der Waals surface area contributed by atoms with Crippen molar-refractivity contribution in [3.63, 3.8) is 0 Å². The van der Waals surface area contributed by atoms with Gasteiger partial charge in [-0.25, -0.2) is 0 Å². The van der Waals surface area contributed by atoms with Crippen LogP contribution in [0.1, 0.15) is 30.7 Å². The van der Waals surface area contributed by atoms with Gasteiger partial charge in [0.1, 0.15) is 0 Å². The van der Waals surface area contributed by atoms with Gasteiger partial charge < -0.3 is 15.8 Å². The second-order valence-electron chi connectivity index (χ2n) is 5.78. The first-order chi connectivity index (χ1) is 9.79. The van der Waals surface area contributed by atoms with Crippen LogP contribution in [0.4, 0.5) is 0 Å². The number of amides is 1. The molecule has 1 saturated carbocycles. The van der Waals surface area contributed by atoms with Crippen LogP contribution in [0.25, 0.3) is 0 Å². The maximum absolute atomic E-state index is 12.5. The highest BCUT2D eigenvalue weighted by atomic mass is 16.5. The molecule has 1 amide bonds. The Labute approximate surface area is 119 Å². The first-order valence-corrected chi connectivity index (χ1v) is 7.46. The molecule has 3 N–H and O–H groups in total. The average Bonchev–Trinajstić information content (AvgIpc) is 3.21. The number of carbonyl (C=O) groups is 1. The molecule has 0 aromatic heterocycles. The third-order valence-corrected chi connectivity index (χ3v) is 4.30. The Balaban J connectivity index is 1.65. The van der Waals surface area contributed by atoms with E-state index < -0.39 is 0 Å². The van der Waals surface area contributed by atoms with Crippen LogP contribution in [-0.4, -0.2) is 31.2 Å². The number of hydrogen-bond donors (Lipinski definition) is 2. The van der Waals surface area contributed by atoms with Gasteiger partial charge in [-0.2, -0.15) is 0 Å². The molecule has 3 atom stereocenters. The van der Waals surface area contributed by atoms with Gasteiger partial charge in [0.05, 0.1) is 18.1 Å². The van der Waals surface area contributed by atoms with Crippen molar-refractivity contribution in [2.75, 3.05) is 13.2 Å². The average molecular weight is 274 g/mol. The van der Waals surface area contributed by atoms with Crippen molar-refractivity contribution in [1.82, 2.24) is 5.32 Å². The van der Waals surface area contributed by atoms with Crippen molar-refractivity contribution in [1.29, 1.82) is 0 Å².